The SMILES string of the molecule is CCCCc1nn2c(c1Br)NCCC2C(F)(F)F. The van der Waals surface area contributed by atoms with Crippen molar-refractivity contribution in [2.24, 2.45) is 0 Å². The Morgan fingerprint density at radius 1 is 1.50 bits per heavy atom. The number of hydrogen-bond donors (Lipinski definition) is 1. The molecule has 0 saturated heterocycles. The summed E-state index contributed by atoms with van der Waals surface area (Å²) in [5.74, 6) is 0.453. The van der Waals surface area contributed by atoms with Crippen LogP contribution in [-0.4, -0.2) is 22.5 Å². The second kappa shape index (κ2) is 5.11. The topological polar surface area (TPSA) is 29.9 Å². The fourth-order valence-corrected chi connectivity index (χ4v) is 2.70. The molecular formula is C11H15BrF3N3. The third-order valence-corrected chi connectivity index (χ3v) is 3.90. The number of nitrogens with one attached hydrogen (secondary N) is 1. The maximum absolute atomic E-state index is 12.9. The van der Waals surface area contributed by atoms with E-state index in [1.165, 1.54) is 0 Å². The number of halogens is 4. The van der Waals surface area contributed by atoms with Crippen molar-refractivity contribution in [3.63, 3.8) is 0 Å². The van der Waals surface area contributed by atoms with Crippen molar-refractivity contribution in [1.82, 2.24) is 9.78 Å². The number of fused-ring (bicyclic) bond motifs is 1. The fraction of sp³-hybridized carbons (Fsp3) is 0.727. The summed E-state index contributed by atoms with van der Waals surface area (Å²) in [6.07, 6.45) is -1.61. The van der Waals surface area contributed by atoms with Gasteiger partial charge in [0, 0.05) is 6.54 Å². The van der Waals surface area contributed by atoms with Gasteiger partial charge < -0.3 is 5.32 Å². The van der Waals surface area contributed by atoms with Gasteiger partial charge in [-0.1, -0.05) is 13.3 Å². The Labute approximate surface area is 112 Å². The lowest BCUT2D eigenvalue weighted by molar-refractivity contribution is -0.171. The molecular weight excluding hydrogens is 311 g/mol. The van der Waals surface area contributed by atoms with E-state index >= 15 is 0 Å². The predicted molar refractivity (Wildman–Crippen MR) is 66.7 cm³/mol. The largest absolute Gasteiger partial charge is 0.410 e. The van der Waals surface area contributed by atoms with Crippen LogP contribution in [0.5, 0.6) is 0 Å². The van der Waals surface area contributed by atoms with Gasteiger partial charge in [-0.25, -0.2) is 4.68 Å². The quantitative estimate of drug-likeness (QED) is 0.913. The number of nitrogens with zero attached hydrogens (tertiary/aromatic N) is 2. The number of rotatable bonds is 3. The molecule has 2 rings (SSSR count). The third kappa shape index (κ3) is 2.50. The molecule has 2 heterocycles. The van der Waals surface area contributed by atoms with Crippen molar-refractivity contribution in [1.29, 1.82) is 0 Å². The zero-order valence-corrected chi connectivity index (χ0v) is 11.6. The van der Waals surface area contributed by atoms with Crippen LogP contribution in [0.4, 0.5) is 19.0 Å². The van der Waals surface area contributed by atoms with Gasteiger partial charge in [0.25, 0.3) is 0 Å². The van der Waals surface area contributed by atoms with Gasteiger partial charge in [0.2, 0.25) is 0 Å². The van der Waals surface area contributed by atoms with Crippen LogP contribution in [0, 0.1) is 0 Å². The first-order valence-electron chi connectivity index (χ1n) is 6.02. The molecule has 0 amide bonds. The van der Waals surface area contributed by atoms with Crippen LogP contribution in [0.2, 0.25) is 0 Å². The Balaban J connectivity index is 2.34. The average Bonchev–Trinajstić information content (AvgIpc) is 2.62. The zero-order chi connectivity index (χ0) is 13.3. The molecule has 0 aromatic carbocycles. The highest BCUT2D eigenvalue weighted by Crippen LogP contribution is 2.40. The zero-order valence-electron chi connectivity index (χ0n) is 10.0. The lowest BCUT2D eigenvalue weighted by Gasteiger charge is -2.27. The summed E-state index contributed by atoms with van der Waals surface area (Å²) in [4.78, 5) is 0. The van der Waals surface area contributed by atoms with Gasteiger partial charge in [0.05, 0.1) is 10.2 Å². The van der Waals surface area contributed by atoms with E-state index in [0.29, 0.717) is 29.0 Å². The van der Waals surface area contributed by atoms with Crippen LogP contribution in [-0.2, 0) is 6.42 Å². The Morgan fingerprint density at radius 2 is 2.22 bits per heavy atom. The number of anilines is 1. The standard InChI is InChI=1S/C11H15BrF3N3/c1-2-3-4-7-9(12)10-16-6-5-8(11(13,14)15)18(10)17-7/h8,16H,2-6H2,1H3. The molecule has 1 atom stereocenters. The van der Waals surface area contributed by atoms with Crippen molar-refractivity contribution >= 4 is 21.7 Å². The van der Waals surface area contributed by atoms with Gasteiger partial charge in [-0.3, -0.25) is 0 Å². The molecule has 102 valence electrons. The average molecular weight is 326 g/mol. The minimum Gasteiger partial charge on any atom is -0.369 e. The second-order valence-corrected chi connectivity index (χ2v) is 5.22. The molecule has 0 saturated carbocycles. The van der Waals surface area contributed by atoms with E-state index in [2.05, 4.69) is 26.3 Å². The van der Waals surface area contributed by atoms with E-state index in [4.69, 9.17) is 0 Å². The van der Waals surface area contributed by atoms with E-state index in [0.717, 1.165) is 17.5 Å². The molecule has 0 aliphatic carbocycles. The fourth-order valence-electron chi connectivity index (χ4n) is 2.10. The van der Waals surface area contributed by atoms with Gasteiger partial charge in [-0.05, 0) is 35.2 Å². The third-order valence-electron chi connectivity index (χ3n) is 3.07. The first kappa shape index (κ1) is 13.7. The van der Waals surface area contributed by atoms with Crippen LogP contribution < -0.4 is 5.32 Å². The molecule has 0 radical (unpaired) electrons. The Morgan fingerprint density at radius 3 is 2.83 bits per heavy atom. The van der Waals surface area contributed by atoms with Gasteiger partial charge in [0.15, 0.2) is 6.04 Å². The van der Waals surface area contributed by atoms with E-state index < -0.39 is 12.2 Å². The van der Waals surface area contributed by atoms with Crippen molar-refractivity contribution in [2.45, 2.75) is 44.8 Å². The van der Waals surface area contributed by atoms with Crippen LogP contribution in [0.3, 0.4) is 0 Å². The number of hydrogen-bond acceptors (Lipinski definition) is 2. The smallest absolute Gasteiger partial charge is 0.369 e. The Kier molecular flexibility index (Phi) is 3.89. The molecule has 3 nitrogen and oxygen atoms in total. The molecule has 18 heavy (non-hydrogen) atoms. The summed E-state index contributed by atoms with van der Waals surface area (Å²) in [6.45, 7) is 2.36. The molecule has 0 bridgehead atoms. The molecule has 1 aliphatic rings. The Hall–Kier alpha value is -0.720. The monoisotopic (exact) mass is 325 g/mol. The molecule has 0 spiro atoms. The van der Waals surface area contributed by atoms with Crippen LogP contribution >= 0.6 is 15.9 Å². The second-order valence-electron chi connectivity index (χ2n) is 4.43. The molecule has 7 heteroatoms. The molecule has 1 aliphatic heterocycles. The highest BCUT2D eigenvalue weighted by Gasteiger charge is 2.44. The van der Waals surface area contributed by atoms with Gasteiger partial charge in [-0.15, -0.1) is 0 Å². The number of unbranched alkanes of at least 4 members (excludes halogenated alkanes) is 1. The van der Waals surface area contributed by atoms with Crippen LogP contribution in [0.1, 0.15) is 37.9 Å². The summed E-state index contributed by atoms with van der Waals surface area (Å²) in [5.41, 5.74) is 0.704. The predicted octanol–water partition coefficient (Wildman–Crippen LogP) is 3.91. The van der Waals surface area contributed by atoms with Gasteiger partial charge >= 0.3 is 6.18 Å². The molecule has 0 fully saturated rings. The van der Waals surface area contributed by atoms with E-state index in [-0.39, 0.29) is 6.42 Å². The summed E-state index contributed by atoms with van der Waals surface area (Å²) >= 11 is 3.35. The van der Waals surface area contributed by atoms with E-state index in [1.807, 2.05) is 6.92 Å². The number of aromatic nitrogens is 2. The molecule has 1 aromatic rings. The highest BCUT2D eigenvalue weighted by atomic mass is 79.9. The Bertz CT molecular complexity index is 428. The number of alkyl halides is 3. The molecule has 1 aromatic heterocycles. The molecule has 1 unspecified atom stereocenters. The van der Waals surface area contributed by atoms with Crippen molar-refractivity contribution < 1.29 is 13.2 Å². The van der Waals surface area contributed by atoms with Crippen LogP contribution in [0.15, 0.2) is 4.47 Å². The summed E-state index contributed by atoms with van der Waals surface area (Å²) in [6, 6.07) is -1.51. The minimum absolute atomic E-state index is 0.0256. The summed E-state index contributed by atoms with van der Waals surface area (Å²) in [7, 11) is 0. The minimum atomic E-state index is -4.25. The molecule has 1 N–H and O–H groups in total. The van der Waals surface area contributed by atoms with Gasteiger partial charge in [0.1, 0.15) is 5.82 Å². The summed E-state index contributed by atoms with van der Waals surface area (Å²) in [5, 5.41) is 7.11. The normalized spacial score (nSPS) is 19.5. The van der Waals surface area contributed by atoms with Crippen molar-refractivity contribution in [3.8, 4) is 0 Å². The summed E-state index contributed by atoms with van der Waals surface area (Å²) < 4.78 is 40.5. The lowest BCUT2D eigenvalue weighted by atomic mass is 10.1. The highest BCUT2D eigenvalue weighted by molar-refractivity contribution is 9.10. The number of aryl methyl sites for hydroxylation is 1. The van der Waals surface area contributed by atoms with Crippen molar-refractivity contribution in [3.05, 3.63) is 10.2 Å². The van der Waals surface area contributed by atoms with Gasteiger partial charge in [-0.2, -0.15) is 18.3 Å². The van der Waals surface area contributed by atoms with Crippen molar-refractivity contribution in [2.75, 3.05) is 11.9 Å². The first-order chi connectivity index (χ1) is 8.45. The van der Waals surface area contributed by atoms with Crippen LogP contribution in [0.25, 0.3) is 0 Å². The van der Waals surface area contributed by atoms with E-state index in [1.54, 1.807) is 0 Å². The lowest BCUT2D eigenvalue weighted by Crippen LogP contribution is -2.34. The maximum atomic E-state index is 12.9. The maximum Gasteiger partial charge on any atom is 0.410 e. The van der Waals surface area contributed by atoms with E-state index in [9.17, 15) is 13.2 Å². The first-order valence-corrected chi connectivity index (χ1v) is 6.82.